The average Bonchev–Trinajstić information content (AvgIpc) is 2.23. The summed E-state index contributed by atoms with van der Waals surface area (Å²) in [7, 11) is 0. The van der Waals surface area contributed by atoms with Crippen LogP contribution >= 0.6 is 0 Å². The zero-order valence-corrected chi connectivity index (χ0v) is 9.20. The Balaban J connectivity index is 1.73. The first-order valence-electron chi connectivity index (χ1n) is 5.63. The van der Waals surface area contributed by atoms with E-state index in [1.54, 1.807) is 0 Å². The number of hydrogen-bond donors (Lipinski definition) is 3. The lowest BCUT2D eigenvalue weighted by Crippen LogP contribution is -2.44. The number of anilines is 1. The molecule has 2 amide bonds. The van der Waals surface area contributed by atoms with Gasteiger partial charge in [-0.05, 0) is 37.0 Å². The van der Waals surface area contributed by atoms with Crippen molar-refractivity contribution in [2.75, 3.05) is 5.73 Å². The Bertz CT molecular complexity index is 357. The van der Waals surface area contributed by atoms with Gasteiger partial charge in [0.15, 0.2) is 0 Å². The van der Waals surface area contributed by atoms with Gasteiger partial charge in [0.2, 0.25) is 0 Å². The Morgan fingerprint density at radius 2 is 2.00 bits per heavy atom. The minimum Gasteiger partial charge on any atom is -0.399 e. The second-order valence-corrected chi connectivity index (χ2v) is 4.20. The Morgan fingerprint density at radius 3 is 2.56 bits per heavy atom. The molecule has 0 spiro atoms. The van der Waals surface area contributed by atoms with E-state index in [-0.39, 0.29) is 6.03 Å². The van der Waals surface area contributed by atoms with Crippen molar-refractivity contribution < 1.29 is 4.79 Å². The maximum atomic E-state index is 11.4. The van der Waals surface area contributed by atoms with Crippen molar-refractivity contribution in [3.05, 3.63) is 29.8 Å². The molecule has 4 nitrogen and oxygen atoms in total. The van der Waals surface area contributed by atoms with Crippen LogP contribution in [0.2, 0.25) is 0 Å². The van der Waals surface area contributed by atoms with Gasteiger partial charge in [-0.3, -0.25) is 0 Å². The number of nitrogens with one attached hydrogen (secondary N) is 2. The standard InChI is InChI=1S/C12H17N3O/c13-10-6-4-9(5-7-10)8-14-12(16)15-11-2-1-3-11/h4-7,11H,1-3,8,13H2,(H2,14,15,16). The number of carbonyl (C=O) groups excluding carboxylic acids is 1. The molecule has 0 radical (unpaired) electrons. The molecule has 0 unspecified atom stereocenters. The molecule has 0 aromatic heterocycles. The van der Waals surface area contributed by atoms with E-state index in [0.29, 0.717) is 12.6 Å². The summed E-state index contributed by atoms with van der Waals surface area (Å²) in [5, 5.41) is 5.75. The van der Waals surface area contributed by atoms with Gasteiger partial charge in [0.25, 0.3) is 0 Å². The average molecular weight is 219 g/mol. The monoisotopic (exact) mass is 219 g/mol. The highest BCUT2D eigenvalue weighted by Gasteiger charge is 2.18. The van der Waals surface area contributed by atoms with Crippen LogP contribution in [0.25, 0.3) is 0 Å². The van der Waals surface area contributed by atoms with E-state index in [4.69, 9.17) is 5.73 Å². The van der Waals surface area contributed by atoms with Gasteiger partial charge in [-0.25, -0.2) is 4.79 Å². The maximum absolute atomic E-state index is 11.4. The largest absolute Gasteiger partial charge is 0.399 e. The SMILES string of the molecule is Nc1ccc(CNC(=O)NC2CCC2)cc1. The van der Waals surface area contributed by atoms with Crippen LogP contribution in [0.1, 0.15) is 24.8 Å². The smallest absolute Gasteiger partial charge is 0.315 e. The molecule has 4 heteroatoms. The van der Waals surface area contributed by atoms with E-state index in [1.807, 2.05) is 24.3 Å². The van der Waals surface area contributed by atoms with Crippen LogP contribution in [-0.4, -0.2) is 12.1 Å². The van der Waals surface area contributed by atoms with Gasteiger partial charge in [-0.2, -0.15) is 0 Å². The molecule has 0 bridgehead atoms. The number of hydrogen-bond acceptors (Lipinski definition) is 2. The van der Waals surface area contributed by atoms with Gasteiger partial charge < -0.3 is 16.4 Å². The molecular weight excluding hydrogens is 202 g/mol. The number of nitrogen functional groups attached to an aromatic ring is 1. The van der Waals surface area contributed by atoms with E-state index < -0.39 is 0 Å². The van der Waals surface area contributed by atoms with Crippen molar-refractivity contribution >= 4 is 11.7 Å². The predicted molar refractivity (Wildman–Crippen MR) is 63.9 cm³/mol. The van der Waals surface area contributed by atoms with E-state index in [1.165, 1.54) is 6.42 Å². The van der Waals surface area contributed by atoms with Crippen molar-refractivity contribution in [3.8, 4) is 0 Å². The Kier molecular flexibility index (Phi) is 3.29. The first-order chi connectivity index (χ1) is 7.74. The summed E-state index contributed by atoms with van der Waals surface area (Å²) in [6.45, 7) is 0.541. The summed E-state index contributed by atoms with van der Waals surface area (Å²) in [6.07, 6.45) is 3.44. The summed E-state index contributed by atoms with van der Waals surface area (Å²) in [6, 6.07) is 7.80. The second kappa shape index (κ2) is 4.88. The Labute approximate surface area is 95.2 Å². The molecule has 0 saturated heterocycles. The molecule has 1 aliphatic carbocycles. The number of nitrogens with two attached hydrogens (primary N) is 1. The van der Waals surface area contributed by atoms with E-state index >= 15 is 0 Å². The van der Waals surface area contributed by atoms with Crippen molar-refractivity contribution in [2.45, 2.75) is 31.8 Å². The first kappa shape index (κ1) is 10.8. The van der Waals surface area contributed by atoms with Crippen LogP contribution in [0.15, 0.2) is 24.3 Å². The molecule has 2 rings (SSSR count). The summed E-state index contributed by atoms with van der Waals surface area (Å²) < 4.78 is 0. The van der Waals surface area contributed by atoms with Crippen molar-refractivity contribution in [1.82, 2.24) is 10.6 Å². The molecule has 86 valence electrons. The van der Waals surface area contributed by atoms with Crippen molar-refractivity contribution in [1.29, 1.82) is 0 Å². The van der Waals surface area contributed by atoms with E-state index in [0.717, 1.165) is 24.1 Å². The molecule has 1 aliphatic rings. The van der Waals surface area contributed by atoms with Crippen LogP contribution in [0.5, 0.6) is 0 Å². The Hall–Kier alpha value is -1.71. The van der Waals surface area contributed by atoms with E-state index in [9.17, 15) is 4.79 Å². The molecule has 1 fully saturated rings. The third kappa shape index (κ3) is 2.89. The normalized spacial score (nSPS) is 15.2. The van der Waals surface area contributed by atoms with Crippen LogP contribution < -0.4 is 16.4 Å². The van der Waals surface area contributed by atoms with Crippen LogP contribution in [0.3, 0.4) is 0 Å². The van der Waals surface area contributed by atoms with Crippen LogP contribution in [0.4, 0.5) is 10.5 Å². The fourth-order valence-electron chi connectivity index (χ4n) is 1.61. The summed E-state index contributed by atoms with van der Waals surface area (Å²) >= 11 is 0. The van der Waals surface area contributed by atoms with Crippen molar-refractivity contribution in [3.63, 3.8) is 0 Å². The molecule has 16 heavy (non-hydrogen) atoms. The molecule has 0 heterocycles. The molecule has 4 N–H and O–H groups in total. The number of carbonyl (C=O) groups is 1. The van der Waals surface area contributed by atoms with Crippen LogP contribution in [0, 0.1) is 0 Å². The lowest BCUT2D eigenvalue weighted by molar-refractivity contribution is 0.228. The first-order valence-corrected chi connectivity index (χ1v) is 5.63. The quantitative estimate of drug-likeness (QED) is 0.676. The number of benzene rings is 1. The van der Waals surface area contributed by atoms with Gasteiger partial charge in [-0.15, -0.1) is 0 Å². The summed E-state index contributed by atoms with van der Waals surface area (Å²) in [5.74, 6) is 0. The number of amides is 2. The molecule has 1 saturated carbocycles. The topological polar surface area (TPSA) is 67.1 Å². The third-order valence-corrected chi connectivity index (χ3v) is 2.87. The van der Waals surface area contributed by atoms with Gasteiger partial charge in [0.05, 0.1) is 0 Å². The third-order valence-electron chi connectivity index (χ3n) is 2.87. The summed E-state index contributed by atoms with van der Waals surface area (Å²) in [5.41, 5.74) is 7.37. The predicted octanol–water partition coefficient (Wildman–Crippen LogP) is 1.62. The molecule has 0 aliphatic heterocycles. The highest BCUT2D eigenvalue weighted by molar-refractivity contribution is 5.74. The minimum atomic E-state index is -0.0819. The zero-order valence-electron chi connectivity index (χ0n) is 9.20. The van der Waals surface area contributed by atoms with Crippen LogP contribution in [-0.2, 0) is 6.54 Å². The molecule has 1 aromatic rings. The van der Waals surface area contributed by atoms with Gasteiger partial charge >= 0.3 is 6.03 Å². The lowest BCUT2D eigenvalue weighted by atomic mass is 9.93. The van der Waals surface area contributed by atoms with E-state index in [2.05, 4.69) is 10.6 Å². The zero-order chi connectivity index (χ0) is 11.4. The summed E-state index contributed by atoms with van der Waals surface area (Å²) in [4.78, 5) is 11.4. The number of urea groups is 1. The van der Waals surface area contributed by atoms with Gasteiger partial charge in [-0.1, -0.05) is 12.1 Å². The number of rotatable bonds is 3. The fraction of sp³-hybridized carbons (Fsp3) is 0.417. The van der Waals surface area contributed by atoms with Gasteiger partial charge in [0.1, 0.15) is 0 Å². The molecule has 1 aromatic carbocycles. The highest BCUT2D eigenvalue weighted by atomic mass is 16.2. The molecule has 0 atom stereocenters. The Morgan fingerprint density at radius 1 is 1.31 bits per heavy atom. The molecular formula is C12H17N3O. The lowest BCUT2D eigenvalue weighted by Gasteiger charge is -2.26. The van der Waals surface area contributed by atoms with Crippen molar-refractivity contribution in [2.24, 2.45) is 0 Å². The minimum absolute atomic E-state index is 0.0819. The maximum Gasteiger partial charge on any atom is 0.315 e. The van der Waals surface area contributed by atoms with Gasteiger partial charge in [0, 0.05) is 18.3 Å². The second-order valence-electron chi connectivity index (χ2n) is 4.20. The highest BCUT2D eigenvalue weighted by Crippen LogP contribution is 2.17. The fourth-order valence-corrected chi connectivity index (χ4v) is 1.61.